The van der Waals surface area contributed by atoms with E-state index in [-0.39, 0.29) is 20.9 Å². The van der Waals surface area contributed by atoms with E-state index in [0.717, 1.165) is 11.8 Å². The molecule has 0 aromatic heterocycles. The van der Waals surface area contributed by atoms with Crippen LogP contribution in [0.4, 0.5) is 14.5 Å². The summed E-state index contributed by atoms with van der Waals surface area (Å²) in [6.07, 6.45) is 3.38. The Morgan fingerprint density at radius 2 is 2.18 bits per heavy atom. The first-order valence-corrected chi connectivity index (χ1v) is 6.45. The second-order valence-electron chi connectivity index (χ2n) is 2.99. The molecule has 0 radical (unpaired) electrons. The van der Waals surface area contributed by atoms with Crippen LogP contribution in [-0.4, -0.2) is 11.4 Å². The van der Waals surface area contributed by atoms with E-state index in [1.54, 1.807) is 12.4 Å². The van der Waals surface area contributed by atoms with Crippen LogP contribution in [0.15, 0.2) is 15.5 Å². The van der Waals surface area contributed by atoms with E-state index < -0.39 is 11.6 Å². The fourth-order valence-corrected chi connectivity index (χ4v) is 1.93. The Morgan fingerprint density at radius 1 is 1.53 bits per heavy atom. The van der Waals surface area contributed by atoms with Crippen molar-refractivity contribution in [2.45, 2.75) is 6.92 Å². The highest BCUT2D eigenvalue weighted by atomic mass is 79.9. The summed E-state index contributed by atoms with van der Waals surface area (Å²) < 4.78 is 27.2. The maximum Gasteiger partial charge on any atom is 0.183 e. The Kier molecular flexibility index (Phi) is 4.90. The van der Waals surface area contributed by atoms with Crippen LogP contribution in [-0.2, 0) is 0 Å². The average Bonchev–Trinajstić information content (AvgIpc) is 2.32. The predicted molar refractivity (Wildman–Crippen MR) is 68.2 cm³/mol. The minimum atomic E-state index is -0.739. The Hall–Kier alpha value is -1.13. The first kappa shape index (κ1) is 13.9. The van der Waals surface area contributed by atoms with Gasteiger partial charge < -0.3 is 0 Å². The van der Waals surface area contributed by atoms with E-state index in [2.05, 4.69) is 26.2 Å². The molecule has 0 saturated heterocycles. The standard InChI is InChI=1S/C10H8BrF2N3S/c1-5-8(12)6(11)3-7(9(5)13)16-10(17-2)15-4-14/h3H,1-2H3,(H,15,16). The molecule has 7 heteroatoms. The molecule has 0 bridgehead atoms. The number of rotatable bonds is 1. The zero-order valence-electron chi connectivity index (χ0n) is 9.01. The van der Waals surface area contributed by atoms with Crippen molar-refractivity contribution in [3.05, 3.63) is 27.7 Å². The van der Waals surface area contributed by atoms with E-state index in [9.17, 15) is 8.78 Å². The highest BCUT2D eigenvalue weighted by Gasteiger charge is 2.14. The average molecular weight is 320 g/mol. The highest BCUT2D eigenvalue weighted by molar-refractivity contribution is 9.10. The monoisotopic (exact) mass is 319 g/mol. The topological polar surface area (TPSA) is 48.2 Å². The first-order chi connectivity index (χ1) is 8.01. The molecule has 0 fully saturated rings. The van der Waals surface area contributed by atoms with Crippen LogP contribution in [0.25, 0.3) is 0 Å². The van der Waals surface area contributed by atoms with Crippen molar-refractivity contribution >= 4 is 38.5 Å². The molecule has 1 N–H and O–H groups in total. The molecule has 0 unspecified atom stereocenters. The molecule has 0 spiro atoms. The van der Waals surface area contributed by atoms with Crippen LogP contribution in [0.5, 0.6) is 0 Å². The molecule has 0 atom stereocenters. The van der Waals surface area contributed by atoms with E-state index >= 15 is 0 Å². The quantitative estimate of drug-likeness (QED) is 0.283. The molecule has 0 aliphatic heterocycles. The van der Waals surface area contributed by atoms with E-state index in [4.69, 9.17) is 5.26 Å². The van der Waals surface area contributed by atoms with Gasteiger partial charge in [-0.05, 0) is 35.2 Å². The van der Waals surface area contributed by atoms with Gasteiger partial charge in [0.15, 0.2) is 17.2 Å². The number of hydrogen-bond acceptors (Lipinski definition) is 3. The largest absolute Gasteiger partial charge is 0.271 e. The van der Waals surface area contributed by atoms with Gasteiger partial charge >= 0.3 is 0 Å². The van der Waals surface area contributed by atoms with Gasteiger partial charge in [0.2, 0.25) is 0 Å². The van der Waals surface area contributed by atoms with Crippen LogP contribution in [0.1, 0.15) is 5.56 Å². The van der Waals surface area contributed by atoms with Crippen molar-refractivity contribution in [1.82, 2.24) is 5.32 Å². The zero-order chi connectivity index (χ0) is 13.0. The van der Waals surface area contributed by atoms with Crippen LogP contribution < -0.4 is 5.32 Å². The fourth-order valence-electron chi connectivity index (χ4n) is 1.08. The number of amidine groups is 1. The Balaban J connectivity index is 3.29. The lowest BCUT2D eigenvalue weighted by molar-refractivity contribution is 0.565. The van der Waals surface area contributed by atoms with Gasteiger partial charge in [-0.25, -0.2) is 13.8 Å². The molecule has 17 heavy (non-hydrogen) atoms. The summed E-state index contributed by atoms with van der Waals surface area (Å²) in [5, 5.41) is 11.0. The minimum Gasteiger partial charge on any atom is -0.271 e. The van der Waals surface area contributed by atoms with Gasteiger partial charge in [0.1, 0.15) is 11.5 Å². The highest BCUT2D eigenvalue weighted by Crippen LogP contribution is 2.30. The number of nitrogens with zero attached hydrogens (tertiary/aromatic N) is 2. The lowest BCUT2D eigenvalue weighted by Crippen LogP contribution is -2.12. The van der Waals surface area contributed by atoms with Gasteiger partial charge in [0.25, 0.3) is 0 Å². The maximum absolute atomic E-state index is 13.7. The van der Waals surface area contributed by atoms with E-state index in [1.807, 2.05) is 0 Å². The van der Waals surface area contributed by atoms with Crippen LogP contribution in [0.2, 0.25) is 0 Å². The predicted octanol–water partition coefficient (Wildman–Crippen LogP) is 3.46. The number of nitrogens with one attached hydrogen (secondary N) is 1. The van der Waals surface area contributed by atoms with Crippen LogP contribution in [0.3, 0.4) is 0 Å². The maximum atomic E-state index is 13.7. The minimum absolute atomic E-state index is 0.0251. The first-order valence-electron chi connectivity index (χ1n) is 4.43. The summed E-state index contributed by atoms with van der Waals surface area (Å²) in [6.45, 7) is 1.32. The normalized spacial score (nSPS) is 11.2. The van der Waals surface area contributed by atoms with Crippen molar-refractivity contribution in [1.29, 1.82) is 5.26 Å². The summed E-state index contributed by atoms with van der Waals surface area (Å²) in [5.41, 5.74) is -0.140. The molecule has 1 aromatic rings. The van der Waals surface area contributed by atoms with Crippen molar-refractivity contribution in [2.75, 3.05) is 6.26 Å². The number of halogens is 3. The zero-order valence-corrected chi connectivity index (χ0v) is 11.4. The van der Waals surface area contributed by atoms with Crippen LogP contribution in [0, 0.1) is 30.0 Å². The molecule has 0 aliphatic rings. The third-order valence-electron chi connectivity index (χ3n) is 1.93. The fraction of sp³-hybridized carbons (Fsp3) is 0.200. The van der Waals surface area contributed by atoms with Gasteiger partial charge in [-0.1, -0.05) is 11.8 Å². The molecule has 1 aromatic carbocycles. The third kappa shape index (κ3) is 3.17. The Morgan fingerprint density at radius 3 is 2.71 bits per heavy atom. The summed E-state index contributed by atoms with van der Waals surface area (Å²) in [7, 11) is 0. The number of aliphatic imine (C=N–C) groups is 1. The third-order valence-corrected chi connectivity index (χ3v) is 3.09. The van der Waals surface area contributed by atoms with Gasteiger partial charge in [-0.3, -0.25) is 5.32 Å². The van der Waals surface area contributed by atoms with Crippen molar-refractivity contribution < 1.29 is 8.78 Å². The van der Waals surface area contributed by atoms with Gasteiger partial charge in [-0.15, -0.1) is 0 Å². The number of thioether (sulfide) groups is 1. The molecule has 0 heterocycles. The molecule has 0 saturated carbocycles. The molecule has 0 amide bonds. The van der Waals surface area contributed by atoms with Gasteiger partial charge in [0, 0.05) is 5.56 Å². The molecular formula is C10H8BrF2N3S. The van der Waals surface area contributed by atoms with Gasteiger partial charge in [0.05, 0.1) is 4.47 Å². The SMILES string of the molecule is CSC(=Nc1cc(Br)c(F)c(C)c1F)NC#N. The Labute approximate surface area is 110 Å². The molecule has 0 aliphatic carbocycles. The molecule has 1 rings (SSSR count). The smallest absolute Gasteiger partial charge is 0.183 e. The van der Waals surface area contributed by atoms with E-state index in [0.29, 0.717) is 0 Å². The summed E-state index contributed by atoms with van der Waals surface area (Å²) >= 11 is 4.13. The molecule has 3 nitrogen and oxygen atoms in total. The van der Waals surface area contributed by atoms with Crippen molar-refractivity contribution in [3.63, 3.8) is 0 Å². The van der Waals surface area contributed by atoms with E-state index in [1.165, 1.54) is 13.0 Å². The second-order valence-corrected chi connectivity index (χ2v) is 4.64. The molecular weight excluding hydrogens is 312 g/mol. The molecule has 90 valence electrons. The number of nitriles is 1. The van der Waals surface area contributed by atoms with Crippen molar-refractivity contribution in [2.24, 2.45) is 4.99 Å². The second kappa shape index (κ2) is 5.98. The Bertz CT molecular complexity index is 511. The van der Waals surface area contributed by atoms with Gasteiger partial charge in [-0.2, -0.15) is 5.26 Å². The van der Waals surface area contributed by atoms with Crippen LogP contribution >= 0.6 is 27.7 Å². The lowest BCUT2D eigenvalue weighted by atomic mass is 10.2. The summed E-state index contributed by atoms with van der Waals surface area (Å²) in [5.74, 6) is -1.39. The summed E-state index contributed by atoms with van der Waals surface area (Å²) in [4.78, 5) is 3.90. The number of benzene rings is 1. The van der Waals surface area contributed by atoms with Crippen molar-refractivity contribution in [3.8, 4) is 6.19 Å². The summed E-state index contributed by atoms with van der Waals surface area (Å²) in [6, 6.07) is 1.23. The number of hydrogen-bond donors (Lipinski definition) is 1. The lowest BCUT2D eigenvalue weighted by Gasteiger charge is -2.06.